The van der Waals surface area contributed by atoms with E-state index in [9.17, 15) is 9.18 Å². The molecule has 0 aromatic carbocycles. The van der Waals surface area contributed by atoms with E-state index in [1.807, 2.05) is 0 Å². The van der Waals surface area contributed by atoms with Gasteiger partial charge in [0.05, 0.1) is 11.3 Å². The molecule has 0 bridgehead atoms. The monoisotopic (exact) mass is 288 g/mol. The normalized spacial score (nSPS) is 15.0. The highest BCUT2D eigenvalue weighted by Gasteiger charge is 2.21. The van der Waals surface area contributed by atoms with Crippen LogP contribution in [-0.4, -0.2) is 26.4 Å². The van der Waals surface area contributed by atoms with E-state index in [4.69, 9.17) is 0 Å². The second-order valence-electron chi connectivity index (χ2n) is 5.42. The van der Waals surface area contributed by atoms with Crippen LogP contribution in [0.4, 0.5) is 4.39 Å². The summed E-state index contributed by atoms with van der Waals surface area (Å²) < 4.78 is 13.0. The predicted octanol–water partition coefficient (Wildman–Crippen LogP) is 1.48. The fourth-order valence-electron chi connectivity index (χ4n) is 2.71. The number of aromatic amines is 1. The van der Waals surface area contributed by atoms with Crippen molar-refractivity contribution in [2.24, 2.45) is 0 Å². The zero-order valence-corrected chi connectivity index (χ0v) is 12.1. The molecule has 3 rings (SSSR count). The second kappa shape index (κ2) is 5.37. The van der Waals surface area contributed by atoms with Crippen molar-refractivity contribution in [2.75, 3.05) is 6.54 Å². The number of pyridine rings is 1. The van der Waals surface area contributed by atoms with Crippen molar-refractivity contribution in [2.45, 2.75) is 33.4 Å². The fourth-order valence-corrected chi connectivity index (χ4v) is 2.71. The number of hydrogen-bond donors (Lipinski definition) is 1. The molecular formula is C15H17FN4O. The molecule has 1 aliphatic heterocycles. The van der Waals surface area contributed by atoms with Crippen LogP contribution >= 0.6 is 0 Å². The highest BCUT2D eigenvalue weighted by molar-refractivity contribution is 5.23. The molecule has 0 aliphatic carbocycles. The minimum atomic E-state index is -0.462. The molecule has 0 spiro atoms. The molecule has 1 N–H and O–H groups in total. The van der Waals surface area contributed by atoms with Gasteiger partial charge in [-0.2, -0.15) is 4.39 Å². The first-order valence-corrected chi connectivity index (χ1v) is 6.96. The van der Waals surface area contributed by atoms with Crippen molar-refractivity contribution < 1.29 is 4.39 Å². The average molecular weight is 288 g/mol. The largest absolute Gasteiger partial charge is 0.310 e. The van der Waals surface area contributed by atoms with Gasteiger partial charge in [0, 0.05) is 31.7 Å². The molecule has 2 aromatic rings. The first kappa shape index (κ1) is 13.9. The van der Waals surface area contributed by atoms with E-state index in [1.54, 1.807) is 19.9 Å². The molecule has 0 saturated carbocycles. The van der Waals surface area contributed by atoms with Crippen molar-refractivity contribution in [3.63, 3.8) is 0 Å². The molecular weight excluding hydrogens is 271 g/mol. The lowest BCUT2D eigenvalue weighted by atomic mass is 10.1. The predicted molar refractivity (Wildman–Crippen MR) is 76.3 cm³/mol. The van der Waals surface area contributed by atoms with Gasteiger partial charge in [-0.15, -0.1) is 0 Å². The summed E-state index contributed by atoms with van der Waals surface area (Å²) in [5.41, 5.74) is 3.24. The van der Waals surface area contributed by atoms with Gasteiger partial charge in [-0.1, -0.05) is 6.07 Å². The summed E-state index contributed by atoms with van der Waals surface area (Å²) in [4.78, 5) is 25.2. The number of fused-ring (bicyclic) bond motifs is 1. The van der Waals surface area contributed by atoms with E-state index in [1.165, 1.54) is 6.07 Å². The van der Waals surface area contributed by atoms with Gasteiger partial charge in [0.15, 0.2) is 0 Å². The Labute approximate surface area is 121 Å². The van der Waals surface area contributed by atoms with Crippen molar-refractivity contribution in [3.05, 3.63) is 56.8 Å². The van der Waals surface area contributed by atoms with Gasteiger partial charge in [0.25, 0.3) is 5.56 Å². The maximum Gasteiger partial charge on any atom is 0.255 e. The van der Waals surface area contributed by atoms with Crippen molar-refractivity contribution in [1.82, 2.24) is 19.9 Å². The standard InChI is InChI=1S/C15H17FN4O/c1-9-11(3-4-14(16)17-9)7-20-6-5-13-12(8-20)15(21)19-10(2)18-13/h3-4H,5-8H2,1-2H3,(H,18,19,21). The Kier molecular flexibility index (Phi) is 3.55. The zero-order chi connectivity index (χ0) is 15.0. The number of nitrogens with zero attached hydrogens (tertiary/aromatic N) is 3. The molecule has 0 unspecified atom stereocenters. The van der Waals surface area contributed by atoms with E-state index >= 15 is 0 Å². The molecule has 0 saturated heterocycles. The Morgan fingerprint density at radius 3 is 2.90 bits per heavy atom. The second-order valence-corrected chi connectivity index (χ2v) is 5.42. The smallest absolute Gasteiger partial charge is 0.255 e. The number of halogens is 1. The van der Waals surface area contributed by atoms with Gasteiger partial charge < -0.3 is 4.98 Å². The Bertz CT molecular complexity index is 741. The highest BCUT2D eigenvalue weighted by Crippen LogP contribution is 2.17. The van der Waals surface area contributed by atoms with Crippen molar-refractivity contribution in [3.8, 4) is 0 Å². The van der Waals surface area contributed by atoms with Crippen LogP contribution in [0.3, 0.4) is 0 Å². The Hall–Kier alpha value is -2.08. The van der Waals surface area contributed by atoms with Crippen LogP contribution in [0.2, 0.25) is 0 Å². The molecule has 3 heterocycles. The van der Waals surface area contributed by atoms with Crippen LogP contribution in [0.1, 0.15) is 28.3 Å². The summed E-state index contributed by atoms with van der Waals surface area (Å²) in [5, 5.41) is 0. The van der Waals surface area contributed by atoms with Crippen LogP contribution < -0.4 is 5.56 Å². The summed E-state index contributed by atoms with van der Waals surface area (Å²) in [6, 6.07) is 3.13. The summed E-state index contributed by atoms with van der Waals surface area (Å²) in [6.45, 7) is 5.65. The van der Waals surface area contributed by atoms with Crippen LogP contribution in [0, 0.1) is 19.8 Å². The van der Waals surface area contributed by atoms with Gasteiger partial charge in [0.1, 0.15) is 5.82 Å². The van der Waals surface area contributed by atoms with Gasteiger partial charge in [-0.25, -0.2) is 9.97 Å². The number of hydrogen-bond acceptors (Lipinski definition) is 4. The summed E-state index contributed by atoms with van der Waals surface area (Å²) in [5.74, 6) is 0.196. The van der Waals surface area contributed by atoms with E-state index < -0.39 is 5.95 Å². The van der Waals surface area contributed by atoms with E-state index in [0.29, 0.717) is 24.6 Å². The SMILES string of the molecule is Cc1nc2c(c(=O)[nH]1)CN(Cc1ccc(F)nc1C)CC2. The van der Waals surface area contributed by atoms with E-state index in [-0.39, 0.29) is 5.56 Å². The minimum Gasteiger partial charge on any atom is -0.310 e. The van der Waals surface area contributed by atoms with Gasteiger partial charge in [-0.3, -0.25) is 9.69 Å². The molecule has 21 heavy (non-hydrogen) atoms. The van der Waals surface area contributed by atoms with Crippen LogP contribution in [-0.2, 0) is 19.5 Å². The molecule has 0 atom stereocenters. The summed E-state index contributed by atoms with van der Waals surface area (Å²) in [7, 11) is 0. The van der Waals surface area contributed by atoms with Gasteiger partial charge in [0.2, 0.25) is 5.95 Å². The number of aryl methyl sites for hydroxylation is 2. The third-order valence-corrected chi connectivity index (χ3v) is 3.82. The molecule has 6 heteroatoms. The molecule has 0 amide bonds. The highest BCUT2D eigenvalue weighted by atomic mass is 19.1. The fraction of sp³-hybridized carbons (Fsp3) is 0.400. The molecule has 2 aromatic heterocycles. The van der Waals surface area contributed by atoms with E-state index in [2.05, 4.69) is 19.9 Å². The topological polar surface area (TPSA) is 61.9 Å². The van der Waals surface area contributed by atoms with Crippen LogP contribution in [0.15, 0.2) is 16.9 Å². The molecule has 1 aliphatic rings. The van der Waals surface area contributed by atoms with Gasteiger partial charge in [-0.05, 0) is 25.5 Å². The number of H-pyrrole nitrogens is 1. The molecule has 0 fully saturated rings. The first-order valence-electron chi connectivity index (χ1n) is 6.96. The quantitative estimate of drug-likeness (QED) is 0.850. The third-order valence-electron chi connectivity index (χ3n) is 3.82. The lowest BCUT2D eigenvalue weighted by Crippen LogP contribution is -2.35. The first-order chi connectivity index (χ1) is 10.0. The molecule has 0 radical (unpaired) electrons. The molecule has 110 valence electrons. The Balaban J connectivity index is 1.82. The Morgan fingerprint density at radius 1 is 1.33 bits per heavy atom. The van der Waals surface area contributed by atoms with Crippen molar-refractivity contribution in [1.29, 1.82) is 0 Å². The lowest BCUT2D eigenvalue weighted by Gasteiger charge is -2.27. The van der Waals surface area contributed by atoms with Crippen molar-refractivity contribution >= 4 is 0 Å². The number of aromatic nitrogens is 3. The number of nitrogens with one attached hydrogen (secondary N) is 1. The lowest BCUT2D eigenvalue weighted by molar-refractivity contribution is 0.240. The molecule has 5 nitrogen and oxygen atoms in total. The number of rotatable bonds is 2. The van der Waals surface area contributed by atoms with Crippen LogP contribution in [0.25, 0.3) is 0 Å². The Morgan fingerprint density at radius 2 is 2.14 bits per heavy atom. The maximum absolute atomic E-state index is 13.0. The third kappa shape index (κ3) is 2.85. The van der Waals surface area contributed by atoms with Crippen LogP contribution in [0.5, 0.6) is 0 Å². The summed E-state index contributed by atoms with van der Waals surface area (Å²) >= 11 is 0. The maximum atomic E-state index is 13.0. The average Bonchev–Trinajstić information content (AvgIpc) is 2.42. The zero-order valence-electron chi connectivity index (χ0n) is 12.1. The minimum absolute atomic E-state index is 0.0591. The van der Waals surface area contributed by atoms with E-state index in [0.717, 1.165) is 29.8 Å². The van der Waals surface area contributed by atoms with Gasteiger partial charge >= 0.3 is 0 Å². The summed E-state index contributed by atoms with van der Waals surface area (Å²) in [6.07, 6.45) is 0.758.